The molecule has 3 rings (SSSR count). The molecule has 0 radical (unpaired) electrons. The molecule has 1 N–H and O–H groups in total. The average molecular weight is 359 g/mol. The summed E-state index contributed by atoms with van der Waals surface area (Å²) >= 11 is 7.66. The summed E-state index contributed by atoms with van der Waals surface area (Å²) in [6, 6.07) is 13.4. The molecule has 24 heavy (non-hydrogen) atoms. The molecule has 1 aromatic heterocycles. The zero-order chi connectivity index (χ0) is 16.8. The van der Waals surface area contributed by atoms with Crippen LogP contribution in [0.25, 0.3) is 0 Å². The van der Waals surface area contributed by atoms with Crippen LogP contribution in [-0.4, -0.2) is 16.1 Å². The maximum Gasteiger partial charge on any atom is 0.174 e. The number of nitrogens with one attached hydrogen (secondary N) is 1. The highest BCUT2D eigenvalue weighted by Crippen LogP contribution is 2.26. The number of aryl methyl sites for hydroxylation is 1. The van der Waals surface area contributed by atoms with E-state index < -0.39 is 0 Å². The van der Waals surface area contributed by atoms with Crippen molar-refractivity contribution in [3.8, 4) is 0 Å². The summed E-state index contributed by atoms with van der Waals surface area (Å²) in [4.78, 5) is 3.81. The van der Waals surface area contributed by atoms with Crippen molar-refractivity contribution in [2.75, 3.05) is 5.32 Å². The summed E-state index contributed by atoms with van der Waals surface area (Å²) in [6.07, 6.45) is 7.52. The van der Waals surface area contributed by atoms with Crippen LogP contribution in [0.2, 0.25) is 0 Å². The van der Waals surface area contributed by atoms with Crippen molar-refractivity contribution >= 4 is 34.4 Å². The monoisotopic (exact) mass is 358 g/mol. The molecule has 0 unspecified atom stereocenters. The van der Waals surface area contributed by atoms with E-state index in [4.69, 9.17) is 12.2 Å². The Morgan fingerprint density at radius 1 is 1.17 bits per heavy atom. The third-order valence-corrected chi connectivity index (χ3v) is 6.02. The van der Waals surface area contributed by atoms with Gasteiger partial charge in [-0.05, 0) is 54.6 Å². The molecule has 1 aliphatic rings. The van der Waals surface area contributed by atoms with Crippen LogP contribution in [0.4, 0.5) is 5.69 Å². The molecular weight excluding hydrogens is 332 g/mol. The fourth-order valence-corrected chi connectivity index (χ4v) is 4.49. The number of hydrogen-bond acceptors (Lipinski definition) is 2. The molecule has 1 heterocycles. The van der Waals surface area contributed by atoms with E-state index in [1.165, 1.54) is 42.5 Å². The topological polar surface area (TPSA) is 15.3 Å². The molecular formula is C20H26N2S2. The lowest BCUT2D eigenvalue weighted by atomic mass is 9.94. The average Bonchev–Trinajstić information content (AvgIpc) is 3.14. The third kappa shape index (κ3) is 4.37. The summed E-state index contributed by atoms with van der Waals surface area (Å²) in [7, 11) is 0. The Labute approximate surface area is 154 Å². The second kappa shape index (κ2) is 8.63. The summed E-state index contributed by atoms with van der Waals surface area (Å²) < 4.78 is 0. The van der Waals surface area contributed by atoms with E-state index in [9.17, 15) is 0 Å². The minimum Gasteiger partial charge on any atom is -0.341 e. The fraction of sp³-hybridized carbons (Fsp3) is 0.450. The van der Waals surface area contributed by atoms with Crippen molar-refractivity contribution in [2.45, 2.75) is 58.0 Å². The molecule has 0 aliphatic heterocycles. The normalized spacial score (nSPS) is 15.2. The van der Waals surface area contributed by atoms with E-state index in [1.807, 2.05) is 11.3 Å². The second-order valence-corrected chi connectivity index (χ2v) is 7.86. The Kier molecular flexibility index (Phi) is 6.27. The van der Waals surface area contributed by atoms with Gasteiger partial charge in [-0.3, -0.25) is 0 Å². The van der Waals surface area contributed by atoms with Gasteiger partial charge in [0, 0.05) is 16.6 Å². The van der Waals surface area contributed by atoms with Gasteiger partial charge in [0.2, 0.25) is 0 Å². The number of thiocarbonyl (C=S) groups is 1. The van der Waals surface area contributed by atoms with Crippen LogP contribution in [0.5, 0.6) is 0 Å². The van der Waals surface area contributed by atoms with Crippen LogP contribution in [0.1, 0.15) is 49.5 Å². The molecule has 1 aliphatic carbocycles. The zero-order valence-corrected chi connectivity index (χ0v) is 16.0. The highest BCUT2D eigenvalue weighted by Gasteiger charge is 2.24. The first-order valence-corrected chi connectivity index (χ1v) is 10.2. The maximum atomic E-state index is 5.84. The molecule has 0 amide bonds. The van der Waals surface area contributed by atoms with Crippen LogP contribution in [0.15, 0.2) is 41.8 Å². The lowest BCUT2D eigenvalue weighted by molar-refractivity contribution is 0.242. The fourth-order valence-electron chi connectivity index (χ4n) is 3.47. The first-order valence-electron chi connectivity index (χ1n) is 8.96. The van der Waals surface area contributed by atoms with Gasteiger partial charge < -0.3 is 10.2 Å². The molecule has 0 atom stereocenters. The number of rotatable bonds is 5. The lowest BCUT2D eigenvalue weighted by Crippen LogP contribution is -2.43. The van der Waals surface area contributed by atoms with Gasteiger partial charge >= 0.3 is 0 Å². The Morgan fingerprint density at radius 3 is 2.67 bits per heavy atom. The molecule has 2 aromatic rings. The molecule has 0 spiro atoms. The van der Waals surface area contributed by atoms with Gasteiger partial charge in [-0.15, -0.1) is 11.3 Å². The molecule has 4 heteroatoms. The van der Waals surface area contributed by atoms with E-state index in [0.29, 0.717) is 6.04 Å². The molecule has 1 fully saturated rings. The third-order valence-electron chi connectivity index (χ3n) is 4.82. The first-order chi connectivity index (χ1) is 11.8. The SMILES string of the molecule is CCc1ccccc1NC(=S)N(Cc1cccs1)C1CCCCC1. The molecule has 0 bridgehead atoms. The van der Waals surface area contributed by atoms with E-state index in [2.05, 4.69) is 58.9 Å². The van der Waals surface area contributed by atoms with Gasteiger partial charge in [0.05, 0.1) is 6.54 Å². The Balaban J connectivity index is 1.77. The highest BCUT2D eigenvalue weighted by atomic mass is 32.1. The standard InChI is InChI=1S/C20H26N2S2/c1-2-16-9-6-7-13-19(16)21-20(23)22(15-18-12-8-14-24-18)17-10-4-3-5-11-17/h6-9,12-14,17H,2-5,10-11,15H2,1H3,(H,21,23). The van der Waals surface area contributed by atoms with Gasteiger partial charge in [0.15, 0.2) is 5.11 Å². The van der Waals surface area contributed by atoms with Crippen molar-refractivity contribution < 1.29 is 0 Å². The number of hydrogen-bond donors (Lipinski definition) is 1. The summed E-state index contributed by atoms with van der Waals surface area (Å²) in [5.41, 5.74) is 2.47. The molecule has 2 nitrogen and oxygen atoms in total. The summed E-state index contributed by atoms with van der Waals surface area (Å²) in [6.45, 7) is 3.11. The minimum atomic E-state index is 0.564. The predicted octanol–water partition coefficient (Wildman–Crippen LogP) is 5.84. The molecule has 128 valence electrons. The Morgan fingerprint density at radius 2 is 1.96 bits per heavy atom. The lowest BCUT2D eigenvalue weighted by Gasteiger charge is -2.36. The summed E-state index contributed by atoms with van der Waals surface area (Å²) in [5.74, 6) is 0. The highest BCUT2D eigenvalue weighted by molar-refractivity contribution is 7.80. The first kappa shape index (κ1) is 17.4. The van der Waals surface area contributed by atoms with Crippen LogP contribution < -0.4 is 5.32 Å². The Bertz CT molecular complexity index is 645. The number of thiophene rings is 1. The van der Waals surface area contributed by atoms with Crippen molar-refractivity contribution in [3.05, 3.63) is 52.2 Å². The quantitative estimate of drug-likeness (QED) is 0.676. The van der Waals surface area contributed by atoms with Crippen molar-refractivity contribution in [1.29, 1.82) is 0 Å². The van der Waals surface area contributed by atoms with Gasteiger partial charge in [0.1, 0.15) is 0 Å². The van der Waals surface area contributed by atoms with Crippen LogP contribution in [0.3, 0.4) is 0 Å². The van der Waals surface area contributed by atoms with Crippen LogP contribution in [0, 0.1) is 0 Å². The van der Waals surface area contributed by atoms with E-state index >= 15 is 0 Å². The van der Waals surface area contributed by atoms with E-state index in [1.54, 1.807) is 0 Å². The van der Waals surface area contributed by atoms with Gasteiger partial charge in [0.25, 0.3) is 0 Å². The predicted molar refractivity (Wildman–Crippen MR) is 109 cm³/mol. The van der Waals surface area contributed by atoms with Gasteiger partial charge in [-0.1, -0.05) is 50.5 Å². The van der Waals surface area contributed by atoms with Crippen molar-refractivity contribution in [1.82, 2.24) is 4.90 Å². The van der Waals surface area contributed by atoms with E-state index in [-0.39, 0.29) is 0 Å². The number of para-hydroxylation sites is 1. The molecule has 1 aromatic carbocycles. The molecule has 1 saturated carbocycles. The van der Waals surface area contributed by atoms with E-state index in [0.717, 1.165) is 23.8 Å². The van der Waals surface area contributed by atoms with Crippen LogP contribution >= 0.6 is 23.6 Å². The number of nitrogens with zero attached hydrogens (tertiary/aromatic N) is 1. The van der Waals surface area contributed by atoms with Gasteiger partial charge in [-0.25, -0.2) is 0 Å². The zero-order valence-electron chi connectivity index (χ0n) is 14.3. The maximum absolute atomic E-state index is 5.84. The summed E-state index contributed by atoms with van der Waals surface area (Å²) in [5, 5.41) is 6.55. The van der Waals surface area contributed by atoms with Crippen LogP contribution in [-0.2, 0) is 13.0 Å². The molecule has 0 saturated heterocycles. The largest absolute Gasteiger partial charge is 0.341 e. The number of anilines is 1. The smallest absolute Gasteiger partial charge is 0.174 e. The second-order valence-electron chi connectivity index (χ2n) is 6.44. The number of benzene rings is 1. The van der Waals surface area contributed by atoms with Gasteiger partial charge in [-0.2, -0.15) is 0 Å². The minimum absolute atomic E-state index is 0.564. The van der Waals surface area contributed by atoms with Crippen molar-refractivity contribution in [3.63, 3.8) is 0 Å². The van der Waals surface area contributed by atoms with Crippen molar-refractivity contribution in [2.24, 2.45) is 0 Å². The Hall–Kier alpha value is -1.39.